The molecule has 1 aliphatic rings. The molecular weight excluding hydrogens is 274 g/mol. The van der Waals surface area contributed by atoms with Crippen molar-refractivity contribution in [2.24, 2.45) is 5.41 Å². The maximum absolute atomic E-state index is 12.0. The lowest BCUT2D eigenvalue weighted by atomic mass is 9.72. The zero-order valence-corrected chi connectivity index (χ0v) is 13.9. The van der Waals surface area contributed by atoms with Crippen LogP contribution in [0.25, 0.3) is 0 Å². The van der Waals surface area contributed by atoms with Crippen molar-refractivity contribution in [3.05, 3.63) is 0 Å². The van der Waals surface area contributed by atoms with Gasteiger partial charge in [-0.2, -0.15) is 0 Å². The third-order valence-corrected chi connectivity index (χ3v) is 6.21. The minimum atomic E-state index is -2.86. The molecule has 4 nitrogen and oxygen atoms in total. The molecule has 0 aromatic carbocycles. The van der Waals surface area contributed by atoms with Crippen molar-refractivity contribution in [1.29, 1.82) is 0 Å². The number of rotatable bonds is 10. The predicted molar refractivity (Wildman–Crippen MR) is 83.8 cm³/mol. The van der Waals surface area contributed by atoms with Gasteiger partial charge in [0.25, 0.3) is 0 Å². The minimum absolute atomic E-state index is 0.187. The van der Waals surface area contributed by atoms with Crippen molar-refractivity contribution in [2.45, 2.75) is 51.9 Å². The van der Waals surface area contributed by atoms with Crippen LogP contribution in [-0.4, -0.2) is 46.7 Å². The van der Waals surface area contributed by atoms with E-state index in [4.69, 9.17) is 4.74 Å². The summed E-state index contributed by atoms with van der Waals surface area (Å²) in [6.45, 7) is 4.42. The Kier molecular flexibility index (Phi) is 8.07. The summed E-state index contributed by atoms with van der Waals surface area (Å²) in [6, 6.07) is 0. The summed E-state index contributed by atoms with van der Waals surface area (Å²) in [5, 5.41) is 3.45. The molecule has 1 saturated carbocycles. The van der Waals surface area contributed by atoms with Gasteiger partial charge in [0.1, 0.15) is 9.84 Å². The Morgan fingerprint density at radius 2 is 1.85 bits per heavy atom. The lowest BCUT2D eigenvalue weighted by Crippen LogP contribution is -2.39. The lowest BCUT2D eigenvalue weighted by molar-refractivity contribution is 0.159. The van der Waals surface area contributed by atoms with E-state index in [-0.39, 0.29) is 5.41 Å². The fraction of sp³-hybridized carbons (Fsp3) is 1.00. The topological polar surface area (TPSA) is 55.4 Å². The van der Waals surface area contributed by atoms with Crippen LogP contribution in [0.3, 0.4) is 0 Å². The SMILES string of the molecule is CCCS(=O)(=O)CCC1(CNCCOC)CCCCC1. The molecule has 1 rings (SSSR count). The number of hydrogen-bond acceptors (Lipinski definition) is 4. The van der Waals surface area contributed by atoms with Crippen molar-refractivity contribution in [3.63, 3.8) is 0 Å². The Morgan fingerprint density at radius 3 is 2.45 bits per heavy atom. The highest BCUT2D eigenvalue weighted by Crippen LogP contribution is 2.39. The summed E-state index contributed by atoms with van der Waals surface area (Å²) in [4.78, 5) is 0. The number of nitrogens with one attached hydrogen (secondary N) is 1. The fourth-order valence-corrected chi connectivity index (χ4v) is 4.70. The highest BCUT2D eigenvalue weighted by atomic mass is 32.2. The Labute approximate surface area is 124 Å². The molecule has 0 amide bonds. The molecule has 0 unspecified atom stereocenters. The predicted octanol–water partition coefficient (Wildman–Crippen LogP) is 2.39. The van der Waals surface area contributed by atoms with Crippen LogP contribution in [0.1, 0.15) is 51.9 Å². The first-order chi connectivity index (χ1) is 9.54. The first-order valence-corrected chi connectivity index (χ1v) is 9.76. The molecule has 1 fully saturated rings. The van der Waals surface area contributed by atoms with Gasteiger partial charge in [-0.15, -0.1) is 0 Å². The van der Waals surface area contributed by atoms with Gasteiger partial charge in [0.2, 0.25) is 0 Å². The van der Waals surface area contributed by atoms with Gasteiger partial charge in [0.05, 0.1) is 12.4 Å². The normalized spacial score (nSPS) is 19.1. The third-order valence-electron chi connectivity index (χ3n) is 4.36. The second kappa shape index (κ2) is 9.00. The lowest BCUT2D eigenvalue weighted by Gasteiger charge is -2.37. The standard InChI is InChI=1S/C15H31NO3S/c1-3-12-20(17,18)13-9-15(7-5-4-6-8-15)14-16-10-11-19-2/h16H,3-14H2,1-2H3. The number of hydrogen-bond donors (Lipinski definition) is 1. The maximum Gasteiger partial charge on any atom is 0.150 e. The summed E-state index contributed by atoms with van der Waals surface area (Å²) in [5.74, 6) is 0.687. The van der Waals surface area contributed by atoms with Gasteiger partial charge in [-0.3, -0.25) is 0 Å². The van der Waals surface area contributed by atoms with Crippen LogP contribution in [-0.2, 0) is 14.6 Å². The quantitative estimate of drug-likeness (QED) is 0.630. The van der Waals surface area contributed by atoms with Crippen molar-refractivity contribution in [1.82, 2.24) is 5.32 Å². The summed E-state index contributed by atoms with van der Waals surface area (Å²) < 4.78 is 29.0. The van der Waals surface area contributed by atoms with E-state index in [2.05, 4.69) is 5.32 Å². The highest BCUT2D eigenvalue weighted by Gasteiger charge is 2.32. The van der Waals surface area contributed by atoms with Crippen molar-refractivity contribution in [3.8, 4) is 0 Å². The van der Waals surface area contributed by atoms with Crippen LogP contribution in [0.5, 0.6) is 0 Å². The molecule has 0 spiro atoms. The second-order valence-corrected chi connectivity index (χ2v) is 8.44. The Balaban J connectivity index is 2.50. The summed E-state index contributed by atoms with van der Waals surface area (Å²) >= 11 is 0. The zero-order chi connectivity index (χ0) is 14.9. The summed E-state index contributed by atoms with van der Waals surface area (Å²) in [5.41, 5.74) is 0.187. The molecule has 1 aliphatic carbocycles. The van der Waals surface area contributed by atoms with E-state index in [1.54, 1.807) is 7.11 Å². The minimum Gasteiger partial charge on any atom is -0.383 e. The van der Waals surface area contributed by atoms with Crippen molar-refractivity contribution < 1.29 is 13.2 Å². The van der Waals surface area contributed by atoms with Crippen LogP contribution >= 0.6 is 0 Å². The van der Waals surface area contributed by atoms with E-state index in [0.717, 1.165) is 38.8 Å². The van der Waals surface area contributed by atoms with Crippen LogP contribution in [0.4, 0.5) is 0 Å². The molecule has 0 aromatic heterocycles. The molecule has 0 atom stereocenters. The van der Waals surface area contributed by atoms with Crippen molar-refractivity contribution >= 4 is 9.84 Å². The average molecular weight is 305 g/mol. The third kappa shape index (κ3) is 6.55. The van der Waals surface area contributed by atoms with Gasteiger partial charge in [-0.05, 0) is 31.1 Å². The Bertz CT molecular complexity index is 348. The first kappa shape index (κ1) is 17.9. The average Bonchev–Trinajstić information content (AvgIpc) is 2.43. The summed E-state index contributed by atoms with van der Waals surface area (Å²) in [7, 11) is -1.15. The Hall–Kier alpha value is -0.130. The monoisotopic (exact) mass is 305 g/mol. The zero-order valence-electron chi connectivity index (χ0n) is 13.1. The van der Waals surface area contributed by atoms with E-state index >= 15 is 0 Å². The molecule has 120 valence electrons. The van der Waals surface area contributed by atoms with Gasteiger partial charge in [0.15, 0.2) is 0 Å². The molecule has 20 heavy (non-hydrogen) atoms. The largest absolute Gasteiger partial charge is 0.383 e. The van der Waals surface area contributed by atoms with Crippen LogP contribution in [0.2, 0.25) is 0 Å². The molecule has 5 heteroatoms. The summed E-state index contributed by atoms with van der Waals surface area (Å²) in [6.07, 6.45) is 7.63. The molecule has 0 aliphatic heterocycles. The van der Waals surface area contributed by atoms with Crippen LogP contribution in [0.15, 0.2) is 0 Å². The van der Waals surface area contributed by atoms with Crippen molar-refractivity contribution in [2.75, 3.05) is 38.3 Å². The maximum atomic E-state index is 12.0. The van der Waals surface area contributed by atoms with E-state index in [1.165, 1.54) is 19.3 Å². The highest BCUT2D eigenvalue weighted by molar-refractivity contribution is 7.91. The molecule has 0 heterocycles. The molecule has 0 radical (unpaired) electrons. The van der Waals surface area contributed by atoms with Gasteiger partial charge >= 0.3 is 0 Å². The molecule has 0 saturated heterocycles. The van der Waals surface area contributed by atoms with Gasteiger partial charge in [-0.1, -0.05) is 26.2 Å². The number of ether oxygens (including phenoxy) is 1. The number of methoxy groups -OCH3 is 1. The van der Waals surface area contributed by atoms with Crippen LogP contribution < -0.4 is 5.32 Å². The van der Waals surface area contributed by atoms with E-state index in [0.29, 0.717) is 18.1 Å². The molecule has 1 N–H and O–H groups in total. The fourth-order valence-electron chi connectivity index (χ4n) is 3.13. The van der Waals surface area contributed by atoms with Gasteiger partial charge in [0, 0.05) is 26.0 Å². The van der Waals surface area contributed by atoms with E-state index < -0.39 is 9.84 Å². The Morgan fingerprint density at radius 1 is 1.15 bits per heavy atom. The van der Waals surface area contributed by atoms with Gasteiger partial charge < -0.3 is 10.1 Å². The van der Waals surface area contributed by atoms with E-state index in [9.17, 15) is 8.42 Å². The van der Waals surface area contributed by atoms with E-state index in [1.807, 2.05) is 6.92 Å². The molecule has 0 aromatic rings. The van der Waals surface area contributed by atoms with Gasteiger partial charge in [-0.25, -0.2) is 8.42 Å². The number of sulfone groups is 1. The first-order valence-electron chi connectivity index (χ1n) is 7.94. The molecule has 0 bridgehead atoms. The van der Waals surface area contributed by atoms with Crippen LogP contribution in [0, 0.1) is 5.41 Å². The molecular formula is C15H31NO3S. The second-order valence-electron chi connectivity index (χ2n) is 6.13. The smallest absolute Gasteiger partial charge is 0.150 e.